The Morgan fingerprint density at radius 2 is 1.27 bits per heavy atom. The molecular formula is C23H14FNO5. The monoisotopic (exact) mass is 403 g/mol. The lowest BCUT2D eigenvalue weighted by molar-refractivity contribution is -0.134. The minimum absolute atomic E-state index is 0.160. The van der Waals surface area contributed by atoms with Crippen LogP contribution >= 0.6 is 0 Å². The zero-order valence-corrected chi connectivity index (χ0v) is 15.5. The smallest absolute Gasteiger partial charge is 0.331 e. The van der Waals surface area contributed by atoms with E-state index in [1.54, 1.807) is 12.1 Å². The fourth-order valence-corrected chi connectivity index (χ4v) is 3.12. The van der Waals surface area contributed by atoms with Crippen LogP contribution in [0, 0.1) is 5.82 Å². The number of imide groups is 1. The van der Waals surface area contributed by atoms with Gasteiger partial charge in [-0.2, -0.15) is 0 Å². The van der Waals surface area contributed by atoms with E-state index in [-0.39, 0.29) is 22.7 Å². The first-order valence-electron chi connectivity index (χ1n) is 9.00. The summed E-state index contributed by atoms with van der Waals surface area (Å²) >= 11 is 0. The van der Waals surface area contributed by atoms with Gasteiger partial charge in [0.2, 0.25) is 0 Å². The lowest BCUT2D eigenvalue weighted by Gasteiger charge is -2.13. The Kier molecular flexibility index (Phi) is 4.93. The van der Waals surface area contributed by atoms with Gasteiger partial charge in [0.15, 0.2) is 5.78 Å². The van der Waals surface area contributed by atoms with Crippen molar-refractivity contribution >= 4 is 23.6 Å². The summed E-state index contributed by atoms with van der Waals surface area (Å²) in [5, 5.41) is 0. The number of benzene rings is 3. The highest BCUT2D eigenvalue weighted by Crippen LogP contribution is 2.22. The Labute approximate surface area is 170 Å². The predicted molar refractivity (Wildman–Crippen MR) is 104 cm³/mol. The van der Waals surface area contributed by atoms with Crippen LogP contribution in [0.15, 0.2) is 72.8 Å². The number of amides is 2. The van der Waals surface area contributed by atoms with E-state index in [4.69, 9.17) is 4.74 Å². The molecule has 3 aromatic carbocycles. The first-order valence-corrected chi connectivity index (χ1v) is 9.00. The van der Waals surface area contributed by atoms with Gasteiger partial charge >= 0.3 is 5.97 Å². The molecule has 1 heterocycles. The van der Waals surface area contributed by atoms with E-state index in [0.29, 0.717) is 11.1 Å². The number of ether oxygens (including phenoxy) is 1. The summed E-state index contributed by atoms with van der Waals surface area (Å²) in [6.07, 6.45) is 0. The van der Waals surface area contributed by atoms with Crippen molar-refractivity contribution in [2.45, 2.75) is 0 Å². The molecule has 0 aromatic heterocycles. The molecule has 0 atom stereocenters. The van der Waals surface area contributed by atoms with Crippen LogP contribution in [0.5, 0.6) is 5.75 Å². The molecule has 1 aliphatic rings. The number of halogens is 1. The van der Waals surface area contributed by atoms with Crippen LogP contribution in [0.2, 0.25) is 0 Å². The molecule has 2 amide bonds. The van der Waals surface area contributed by atoms with E-state index < -0.39 is 30.1 Å². The van der Waals surface area contributed by atoms with Gasteiger partial charge in [-0.3, -0.25) is 19.3 Å². The molecule has 148 valence electrons. The van der Waals surface area contributed by atoms with Crippen LogP contribution < -0.4 is 4.74 Å². The van der Waals surface area contributed by atoms with E-state index in [0.717, 1.165) is 4.90 Å². The first-order chi connectivity index (χ1) is 14.4. The van der Waals surface area contributed by atoms with Crippen molar-refractivity contribution < 1.29 is 28.3 Å². The van der Waals surface area contributed by atoms with E-state index >= 15 is 0 Å². The van der Waals surface area contributed by atoms with Crippen LogP contribution in [0.25, 0.3) is 0 Å². The second kappa shape index (κ2) is 7.71. The molecule has 0 aliphatic carbocycles. The highest BCUT2D eigenvalue weighted by atomic mass is 19.1. The van der Waals surface area contributed by atoms with Gasteiger partial charge in [-0.1, -0.05) is 12.1 Å². The molecule has 0 N–H and O–H groups in total. The average molecular weight is 403 g/mol. The predicted octanol–water partition coefficient (Wildman–Crippen LogP) is 3.26. The summed E-state index contributed by atoms with van der Waals surface area (Å²) in [6, 6.07) is 17.3. The quantitative estimate of drug-likeness (QED) is 0.283. The number of ketones is 1. The van der Waals surface area contributed by atoms with Gasteiger partial charge in [0.05, 0.1) is 11.1 Å². The van der Waals surface area contributed by atoms with Crippen molar-refractivity contribution in [2.24, 2.45) is 0 Å². The van der Waals surface area contributed by atoms with Gasteiger partial charge in [0.25, 0.3) is 11.8 Å². The fourth-order valence-electron chi connectivity index (χ4n) is 3.12. The molecule has 0 fully saturated rings. The zero-order chi connectivity index (χ0) is 21.3. The van der Waals surface area contributed by atoms with Crippen molar-refractivity contribution in [3.05, 3.63) is 101 Å². The third-order valence-corrected chi connectivity index (χ3v) is 4.62. The van der Waals surface area contributed by atoms with Gasteiger partial charge in [0.1, 0.15) is 18.1 Å². The molecular weight excluding hydrogens is 389 g/mol. The van der Waals surface area contributed by atoms with Crippen LogP contribution in [0.1, 0.15) is 36.6 Å². The molecule has 0 unspecified atom stereocenters. The molecule has 0 bridgehead atoms. The van der Waals surface area contributed by atoms with Gasteiger partial charge in [0, 0.05) is 11.1 Å². The van der Waals surface area contributed by atoms with Crippen molar-refractivity contribution in [1.82, 2.24) is 4.90 Å². The number of hydrogen-bond acceptors (Lipinski definition) is 5. The van der Waals surface area contributed by atoms with Crippen LogP contribution in [-0.2, 0) is 4.79 Å². The fraction of sp³-hybridized carbons (Fsp3) is 0.0435. The molecule has 7 heteroatoms. The molecule has 3 aromatic rings. The highest BCUT2D eigenvalue weighted by molar-refractivity contribution is 6.22. The molecule has 0 spiro atoms. The standard InChI is InChI=1S/C23H14FNO5/c24-16-9-5-14(6-10-16)21(27)15-7-11-17(12-8-15)30-20(26)13-25-22(28)18-3-1-2-4-19(18)23(25)29/h1-12H,13H2. The second-order valence-electron chi connectivity index (χ2n) is 6.58. The lowest BCUT2D eigenvalue weighted by Crippen LogP contribution is -2.36. The summed E-state index contributed by atoms with van der Waals surface area (Å²) in [6.45, 7) is -0.525. The van der Waals surface area contributed by atoms with Crippen LogP contribution in [0.4, 0.5) is 4.39 Å². The van der Waals surface area contributed by atoms with E-state index in [1.807, 2.05) is 0 Å². The summed E-state index contributed by atoms with van der Waals surface area (Å²) < 4.78 is 18.2. The SMILES string of the molecule is O=C(CN1C(=O)c2ccccc2C1=O)Oc1ccc(C(=O)c2ccc(F)cc2)cc1. The Balaban J connectivity index is 1.41. The van der Waals surface area contributed by atoms with E-state index in [2.05, 4.69) is 0 Å². The zero-order valence-electron chi connectivity index (χ0n) is 15.5. The average Bonchev–Trinajstić information content (AvgIpc) is 2.99. The molecule has 0 saturated heterocycles. The minimum atomic E-state index is -0.790. The Morgan fingerprint density at radius 3 is 1.80 bits per heavy atom. The maximum Gasteiger partial charge on any atom is 0.331 e. The Bertz CT molecular complexity index is 1130. The third kappa shape index (κ3) is 3.60. The molecule has 1 aliphatic heterocycles. The number of esters is 1. The van der Waals surface area contributed by atoms with Gasteiger partial charge in [-0.15, -0.1) is 0 Å². The van der Waals surface area contributed by atoms with Crippen molar-refractivity contribution in [3.8, 4) is 5.75 Å². The molecule has 4 rings (SSSR count). The van der Waals surface area contributed by atoms with Crippen molar-refractivity contribution in [3.63, 3.8) is 0 Å². The topological polar surface area (TPSA) is 80.8 Å². The molecule has 6 nitrogen and oxygen atoms in total. The van der Waals surface area contributed by atoms with Crippen LogP contribution in [0.3, 0.4) is 0 Å². The highest BCUT2D eigenvalue weighted by Gasteiger charge is 2.36. The number of hydrogen-bond donors (Lipinski definition) is 0. The van der Waals surface area contributed by atoms with E-state index in [9.17, 15) is 23.6 Å². The summed E-state index contributed by atoms with van der Waals surface area (Å²) in [5.74, 6) is -2.47. The normalized spacial score (nSPS) is 12.6. The maximum atomic E-state index is 13.0. The van der Waals surface area contributed by atoms with Gasteiger partial charge < -0.3 is 4.74 Å². The van der Waals surface area contributed by atoms with E-state index in [1.165, 1.54) is 60.7 Å². The number of carbonyl (C=O) groups is 4. The number of rotatable bonds is 5. The number of carbonyl (C=O) groups excluding carboxylic acids is 4. The van der Waals surface area contributed by atoms with Crippen molar-refractivity contribution in [2.75, 3.05) is 6.54 Å². The number of fused-ring (bicyclic) bond motifs is 1. The molecule has 0 saturated carbocycles. The summed E-state index contributed by atoms with van der Waals surface area (Å²) in [5.41, 5.74) is 1.16. The van der Waals surface area contributed by atoms with Crippen molar-refractivity contribution in [1.29, 1.82) is 0 Å². The molecule has 30 heavy (non-hydrogen) atoms. The first kappa shape index (κ1) is 19.2. The van der Waals surface area contributed by atoms with Gasteiger partial charge in [-0.05, 0) is 60.7 Å². The second-order valence-corrected chi connectivity index (χ2v) is 6.58. The summed E-state index contributed by atoms with van der Waals surface area (Å²) in [4.78, 5) is 50.0. The third-order valence-electron chi connectivity index (χ3n) is 4.62. The maximum absolute atomic E-state index is 13.0. The minimum Gasteiger partial charge on any atom is -0.425 e. The summed E-state index contributed by atoms with van der Waals surface area (Å²) in [7, 11) is 0. The van der Waals surface area contributed by atoms with Gasteiger partial charge in [-0.25, -0.2) is 9.18 Å². The van der Waals surface area contributed by atoms with Crippen LogP contribution in [-0.4, -0.2) is 35.0 Å². The number of nitrogens with zero attached hydrogens (tertiary/aromatic N) is 1. The lowest BCUT2D eigenvalue weighted by atomic mass is 10.0. The largest absolute Gasteiger partial charge is 0.425 e. The molecule has 0 radical (unpaired) electrons. The Morgan fingerprint density at radius 1 is 0.767 bits per heavy atom. The Hall–Kier alpha value is -4.13.